The summed E-state index contributed by atoms with van der Waals surface area (Å²) in [7, 11) is 1.63. The van der Waals surface area contributed by atoms with E-state index in [2.05, 4.69) is 15.0 Å². The molecule has 25 heavy (non-hydrogen) atoms. The van der Waals surface area contributed by atoms with Crippen molar-refractivity contribution < 1.29 is 13.5 Å². The fourth-order valence-corrected chi connectivity index (χ4v) is 3.17. The first-order chi connectivity index (χ1) is 12.1. The molecule has 1 aliphatic rings. The van der Waals surface area contributed by atoms with Crippen LogP contribution in [0, 0.1) is 0 Å². The third-order valence-corrected chi connectivity index (χ3v) is 4.36. The number of amidine groups is 1. The summed E-state index contributed by atoms with van der Waals surface area (Å²) in [4.78, 5) is 14.0. The topological polar surface area (TPSA) is 76.1 Å². The highest BCUT2D eigenvalue weighted by Crippen LogP contribution is 2.26. The van der Waals surface area contributed by atoms with Gasteiger partial charge in [-0.1, -0.05) is 6.92 Å². The summed E-state index contributed by atoms with van der Waals surface area (Å²) in [5, 5.41) is 2.72. The van der Waals surface area contributed by atoms with E-state index in [0.717, 1.165) is 28.3 Å². The summed E-state index contributed by atoms with van der Waals surface area (Å²) < 4.78 is 29.5. The maximum atomic E-state index is 12.2. The fraction of sp³-hybridized carbons (Fsp3) is 0.438. The Morgan fingerprint density at radius 3 is 2.96 bits per heavy atom. The number of thiazole rings is 1. The number of ether oxygens (including phenoxy) is 1. The van der Waals surface area contributed by atoms with Gasteiger partial charge < -0.3 is 15.4 Å². The first kappa shape index (κ1) is 19.2. The van der Waals surface area contributed by atoms with Crippen LogP contribution in [-0.4, -0.2) is 55.3 Å². The maximum Gasteiger partial charge on any atom is 0.331 e. The monoisotopic (exact) mass is 369 g/mol. The van der Waals surface area contributed by atoms with Crippen LogP contribution in [0.2, 0.25) is 0 Å². The quantitative estimate of drug-likeness (QED) is 0.565. The lowest BCUT2D eigenvalue weighted by Crippen LogP contribution is -2.38. The number of hydrogen-bond donors (Lipinski definition) is 1. The number of aliphatic imine (C=N–C) groups is 2. The van der Waals surface area contributed by atoms with Crippen LogP contribution in [0.5, 0.6) is 0 Å². The lowest BCUT2D eigenvalue weighted by molar-refractivity contribution is 0.161. The second kappa shape index (κ2) is 9.38. The van der Waals surface area contributed by atoms with Crippen LogP contribution >= 0.6 is 11.3 Å². The van der Waals surface area contributed by atoms with Crippen LogP contribution < -0.4 is 5.73 Å². The maximum absolute atomic E-state index is 12.2. The summed E-state index contributed by atoms with van der Waals surface area (Å²) in [6.45, 7) is 0.743. The number of methoxy groups -OCH3 is 1. The molecule has 2 N–H and O–H groups in total. The molecule has 1 aliphatic heterocycles. The van der Waals surface area contributed by atoms with E-state index in [0.29, 0.717) is 31.8 Å². The van der Waals surface area contributed by atoms with Gasteiger partial charge in [0.15, 0.2) is 10.8 Å². The van der Waals surface area contributed by atoms with Gasteiger partial charge in [-0.15, -0.1) is 11.3 Å². The Hall–Kier alpha value is -2.13. The highest BCUT2D eigenvalue weighted by molar-refractivity contribution is 7.11. The SMILES string of the molecule is CCC1=C(C(N)=CC=NC(F)F)CN=C(c2nccs2)N1CCOC. The number of hydrogen-bond acceptors (Lipinski definition) is 7. The van der Waals surface area contributed by atoms with Gasteiger partial charge in [0.2, 0.25) is 0 Å². The molecule has 0 aromatic carbocycles. The van der Waals surface area contributed by atoms with E-state index in [1.165, 1.54) is 17.4 Å². The zero-order chi connectivity index (χ0) is 18.2. The van der Waals surface area contributed by atoms with Crippen molar-refractivity contribution in [2.24, 2.45) is 15.7 Å². The molecule has 0 bridgehead atoms. The van der Waals surface area contributed by atoms with E-state index in [4.69, 9.17) is 10.5 Å². The smallest absolute Gasteiger partial charge is 0.331 e. The minimum absolute atomic E-state index is 0.367. The number of allylic oxidation sites excluding steroid dienone is 2. The molecule has 9 heteroatoms. The van der Waals surface area contributed by atoms with Gasteiger partial charge in [-0.3, -0.25) is 4.99 Å². The summed E-state index contributed by atoms with van der Waals surface area (Å²) in [6.07, 6.45) is 4.86. The van der Waals surface area contributed by atoms with Crippen molar-refractivity contribution in [3.63, 3.8) is 0 Å². The molecule has 0 unspecified atom stereocenters. The molecule has 136 valence electrons. The molecule has 0 aliphatic carbocycles. The van der Waals surface area contributed by atoms with Gasteiger partial charge >= 0.3 is 6.55 Å². The van der Waals surface area contributed by atoms with Crippen LogP contribution in [0.4, 0.5) is 8.78 Å². The third-order valence-electron chi connectivity index (χ3n) is 3.60. The van der Waals surface area contributed by atoms with Crippen molar-refractivity contribution in [1.82, 2.24) is 9.88 Å². The molecule has 0 saturated heterocycles. The lowest BCUT2D eigenvalue weighted by atomic mass is 10.0. The largest absolute Gasteiger partial charge is 0.398 e. The van der Waals surface area contributed by atoms with Crippen molar-refractivity contribution in [3.05, 3.63) is 39.6 Å². The highest BCUT2D eigenvalue weighted by Gasteiger charge is 2.26. The minimum Gasteiger partial charge on any atom is -0.398 e. The predicted octanol–water partition coefficient (Wildman–Crippen LogP) is 2.65. The number of nitrogens with zero attached hydrogens (tertiary/aromatic N) is 4. The van der Waals surface area contributed by atoms with Crippen molar-refractivity contribution in [2.45, 2.75) is 19.9 Å². The Morgan fingerprint density at radius 2 is 2.36 bits per heavy atom. The molecule has 0 radical (unpaired) electrons. The van der Waals surface area contributed by atoms with Gasteiger partial charge in [0, 0.05) is 48.4 Å². The summed E-state index contributed by atoms with van der Waals surface area (Å²) >= 11 is 1.51. The van der Waals surface area contributed by atoms with E-state index >= 15 is 0 Å². The number of alkyl halides is 2. The number of nitrogens with two attached hydrogens (primary N) is 1. The molecule has 0 atom stereocenters. The van der Waals surface area contributed by atoms with E-state index in [1.54, 1.807) is 13.3 Å². The molecule has 2 rings (SSSR count). The lowest BCUT2D eigenvalue weighted by Gasteiger charge is -2.32. The first-order valence-corrected chi connectivity index (χ1v) is 8.66. The number of halogens is 2. The third kappa shape index (κ3) is 4.93. The first-order valence-electron chi connectivity index (χ1n) is 7.78. The molecule has 0 amide bonds. The molecular formula is C16H21F2N5OS. The van der Waals surface area contributed by atoms with E-state index in [1.807, 2.05) is 17.2 Å². The van der Waals surface area contributed by atoms with Gasteiger partial charge in [-0.2, -0.15) is 8.78 Å². The molecule has 0 saturated carbocycles. The molecule has 0 fully saturated rings. The van der Waals surface area contributed by atoms with Gasteiger partial charge in [-0.25, -0.2) is 9.98 Å². The van der Waals surface area contributed by atoms with Crippen LogP contribution in [-0.2, 0) is 4.74 Å². The van der Waals surface area contributed by atoms with Gasteiger partial charge in [0.1, 0.15) is 0 Å². The van der Waals surface area contributed by atoms with Crippen molar-refractivity contribution in [3.8, 4) is 0 Å². The van der Waals surface area contributed by atoms with Gasteiger partial charge in [0.25, 0.3) is 0 Å². The predicted molar refractivity (Wildman–Crippen MR) is 96.2 cm³/mol. The Bertz CT molecular complexity index is 683. The molecular weight excluding hydrogens is 348 g/mol. The molecule has 6 nitrogen and oxygen atoms in total. The Balaban J connectivity index is 2.35. The van der Waals surface area contributed by atoms with Crippen LogP contribution in [0.1, 0.15) is 18.4 Å². The van der Waals surface area contributed by atoms with Crippen molar-refractivity contribution in [2.75, 3.05) is 26.8 Å². The molecule has 1 aromatic rings. The normalized spacial score (nSPS) is 16.3. The zero-order valence-electron chi connectivity index (χ0n) is 14.2. The molecule has 0 spiro atoms. The van der Waals surface area contributed by atoms with E-state index in [9.17, 15) is 8.78 Å². The summed E-state index contributed by atoms with van der Waals surface area (Å²) in [6, 6.07) is 0. The van der Waals surface area contributed by atoms with Gasteiger partial charge in [-0.05, 0) is 12.5 Å². The van der Waals surface area contributed by atoms with Gasteiger partial charge in [0.05, 0.1) is 13.2 Å². The van der Waals surface area contributed by atoms with E-state index in [-0.39, 0.29) is 0 Å². The molecule has 2 heterocycles. The zero-order valence-corrected chi connectivity index (χ0v) is 15.0. The van der Waals surface area contributed by atoms with Crippen LogP contribution in [0.15, 0.2) is 44.6 Å². The Labute approximate surface area is 149 Å². The minimum atomic E-state index is -2.75. The second-order valence-electron chi connectivity index (χ2n) is 5.10. The number of rotatable bonds is 8. The van der Waals surface area contributed by atoms with E-state index < -0.39 is 6.55 Å². The standard InChI is InChI=1S/C16H21F2N5OS/c1-3-13-11(12(19)4-5-21-16(17)18)10-22-14(15-20-6-9-25-15)23(13)7-8-24-2/h4-6,9,16H,3,7-8,10,19H2,1-2H3. The average molecular weight is 369 g/mol. The Kier molecular flexibility index (Phi) is 7.20. The average Bonchev–Trinajstić information content (AvgIpc) is 3.12. The van der Waals surface area contributed by atoms with Crippen LogP contribution in [0.25, 0.3) is 0 Å². The highest BCUT2D eigenvalue weighted by atomic mass is 32.1. The van der Waals surface area contributed by atoms with Crippen LogP contribution in [0.3, 0.4) is 0 Å². The summed E-state index contributed by atoms with van der Waals surface area (Å²) in [5.41, 5.74) is 8.25. The van der Waals surface area contributed by atoms with Crippen molar-refractivity contribution >= 4 is 23.4 Å². The fourth-order valence-electron chi connectivity index (χ4n) is 2.51. The number of aromatic nitrogens is 1. The second-order valence-corrected chi connectivity index (χ2v) is 5.99. The Morgan fingerprint density at radius 1 is 1.56 bits per heavy atom. The summed E-state index contributed by atoms with van der Waals surface area (Å²) in [5.74, 6) is 0.779. The molecule has 1 aromatic heterocycles. The van der Waals surface area contributed by atoms with Crippen molar-refractivity contribution in [1.29, 1.82) is 0 Å².